The second-order valence-electron chi connectivity index (χ2n) is 7.01. The van der Waals surface area contributed by atoms with E-state index >= 15 is 0 Å². The summed E-state index contributed by atoms with van der Waals surface area (Å²) in [7, 11) is 0. The number of ether oxygens (including phenoxy) is 1. The number of halogens is 1. The number of nitrogens with one attached hydrogen (secondary N) is 2. The molecule has 7 heteroatoms. The number of amides is 1. The van der Waals surface area contributed by atoms with Gasteiger partial charge in [-0.25, -0.2) is 0 Å². The molecule has 0 aliphatic rings. The lowest BCUT2D eigenvalue weighted by Crippen LogP contribution is -2.38. The van der Waals surface area contributed by atoms with E-state index in [0.29, 0.717) is 23.7 Å². The van der Waals surface area contributed by atoms with Crippen LogP contribution in [0, 0.1) is 6.92 Å². The molecule has 0 saturated carbocycles. The molecule has 0 spiro atoms. The number of aromatic amines is 1. The van der Waals surface area contributed by atoms with Gasteiger partial charge in [0.05, 0.1) is 18.7 Å². The Kier molecular flexibility index (Phi) is 7.25. The van der Waals surface area contributed by atoms with Crippen LogP contribution in [-0.2, 0) is 16.0 Å². The monoisotopic (exact) mass is 425 g/mol. The number of esters is 1. The number of aryl methyl sites for hydroxylation is 1. The maximum Gasteiger partial charge on any atom is 0.307 e. The molecule has 30 heavy (non-hydrogen) atoms. The fraction of sp³-hybridized carbons (Fsp3) is 0.261. The Hall–Kier alpha value is -3.12. The van der Waals surface area contributed by atoms with Crippen LogP contribution in [0.1, 0.15) is 35.1 Å². The molecular weight excluding hydrogens is 402 g/mol. The van der Waals surface area contributed by atoms with Crippen LogP contribution >= 0.6 is 11.6 Å². The van der Waals surface area contributed by atoms with Crippen molar-refractivity contribution in [1.29, 1.82) is 0 Å². The van der Waals surface area contributed by atoms with Gasteiger partial charge in [0.15, 0.2) is 0 Å². The fourth-order valence-electron chi connectivity index (χ4n) is 3.18. The van der Waals surface area contributed by atoms with Crippen molar-refractivity contribution in [3.8, 4) is 11.1 Å². The zero-order valence-corrected chi connectivity index (χ0v) is 17.7. The lowest BCUT2D eigenvalue weighted by Gasteiger charge is -2.18. The normalized spacial score (nSPS) is 11.7. The van der Waals surface area contributed by atoms with Gasteiger partial charge < -0.3 is 10.1 Å². The Bertz CT molecular complexity index is 1010. The molecule has 156 valence electrons. The van der Waals surface area contributed by atoms with Gasteiger partial charge in [-0.1, -0.05) is 48.0 Å². The summed E-state index contributed by atoms with van der Waals surface area (Å²) in [5, 5.41) is 10.3. The molecule has 2 N–H and O–H groups in total. The van der Waals surface area contributed by atoms with Gasteiger partial charge in [0.1, 0.15) is 5.69 Å². The predicted molar refractivity (Wildman–Crippen MR) is 116 cm³/mol. The molecule has 0 bridgehead atoms. The van der Waals surface area contributed by atoms with Gasteiger partial charge in [0.25, 0.3) is 5.91 Å². The number of benzene rings is 2. The third-order valence-electron chi connectivity index (χ3n) is 4.60. The molecule has 0 saturated heterocycles. The molecule has 2 aromatic carbocycles. The summed E-state index contributed by atoms with van der Waals surface area (Å²) in [6.07, 6.45) is 0.580. The van der Waals surface area contributed by atoms with Gasteiger partial charge in [0, 0.05) is 11.1 Å². The first-order chi connectivity index (χ1) is 14.4. The second kappa shape index (κ2) is 10.1. The third-order valence-corrected chi connectivity index (χ3v) is 4.83. The maximum absolute atomic E-state index is 12.5. The predicted octanol–water partition coefficient (Wildman–Crippen LogP) is 4.33. The van der Waals surface area contributed by atoms with Crippen molar-refractivity contribution >= 4 is 23.5 Å². The molecular formula is C23H24ClN3O3. The van der Waals surface area contributed by atoms with Crippen LogP contribution in [0.4, 0.5) is 0 Å². The topological polar surface area (TPSA) is 84.1 Å². The van der Waals surface area contributed by atoms with Crippen LogP contribution in [-0.4, -0.2) is 34.7 Å². The summed E-state index contributed by atoms with van der Waals surface area (Å²) in [5.41, 5.74) is 4.15. The SMILES string of the molecule is CCOC(=O)CC(Cc1ccc(-c2cccc(Cl)c2)cc1)NC(=O)c1cc(C)n[nH]1. The van der Waals surface area contributed by atoms with Gasteiger partial charge in [-0.15, -0.1) is 0 Å². The van der Waals surface area contributed by atoms with E-state index in [1.165, 1.54) is 0 Å². The van der Waals surface area contributed by atoms with E-state index in [1.54, 1.807) is 19.9 Å². The van der Waals surface area contributed by atoms with Crippen molar-refractivity contribution in [1.82, 2.24) is 15.5 Å². The molecule has 1 unspecified atom stereocenters. The Balaban J connectivity index is 1.73. The largest absolute Gasteiger partial charge is 0.466 e. The number of carbonyl (C=O) groups excluding carboxylic acids is 2. The first kappa shape index (κ1) is 21.6. The highest BCUT2D eigenvalue weighted by Gasteiger charge is 2.20. The number of carbonyl (C=O) groups is 2. The highest BCUT2D eigenvalue weighted by atomic mass is 35.5. The first-order valence-corrected chi connectivity index (χ1v) is 10.2. The van der Waals surface area contributed by atoms with Crippen molar-refractivity contribution in [3.63, 3.8) is 0 Å². The Labute approximate surface area is 180 Å². The van der Waals surface area contributed by atoms with Crippen LogP contribution in [0.2, 0.25) is 5.02 Å². The fourth-order valence-corrected chi connectivity index (χ4v) is 3.37. The van der Waals surface area contributed by atoms with E-state index < -0.39 is 6.04 Å². The zero-order chi connectivity index (χ0) is 21.5. The minimum Gasteiger partial charge on any atom is -0.466 e. The van der Waals surface area contributed by atoms with Crippen LogP contribution in [0.3, 0.4) is 0 Å². The molecule has 0 aliphatic heterocycles. The van der Waals surface area contributed by atoms with Gasteiger partial charge in [-0.05, 0) is 55.2 Å². The average Bonchev–Trinajstić information content (AvgIpc) is 3.15. The lowest BCUT2D eigenvalue weighted by molar-refractivity contribution is -0.143. The lowest BCUT2D eigenvalue weighted by atomic mass is 9.99. The van der Waals surface area contributed by atoms with E-state index in [1.807, 2.05) is 48.5 Å². The highest BCUT2D eigenvalue weighted by molar-refractivity contribution is 6.30. The summed E-state index contributed by atoms with van der Waals surface area (Å²) in [5.74, 6) is -0.653. The molecule has 1 atom stereocenters. The summed E-state index contributed by atoms with van der Waals surface area (Å²) < 4.78 is 5.07. The maximum atomic E-state index is 12.5. The molecule has 1 heterocycles. The van der Waals surface area contributed by atoms with Crippen molar-refractivity contribution < 1.29 is 14.3 Å². The Morgan fingerprint density at radius 1 is 1.13 bits per heavy atom. The molecule has 1 amide bonds. The summed E-state index contributed by atoms with van der Waals surface area (Å²) >= 11 is 6.08. The average molecular weight is 426 g/mol. The minimum absolute atomic E-state index is 0.0861. The molecule has 3 aromatic rings. The van der Waals surface area contributed by atoms with E-state index in [4.69, 9.17) is 16.3 Å². The van der Waals surface area contributed by atoms with E-state index in [-0.39, 0.29) is 18.3 Å². The number of hydrogen-bond donors (Lipinski definition) is 2. The molecule has 0 radical (unpaired) electrons. The van der Waals surface area contributed by atoms with Crippen molar-refractivity contribution in [2.24, 2.45) is 0 Å². The number of rotatable bonds is 8. The molecule has 6 nitrogen and oxygen atoms in total. The summed E-state index contributed by atoms with van der Waals surface area (Å²) in [6.45, 7) is 3.85. The van der Waals surface area contributed by atoms with Crippen LogP contribution < -0.4 is 5.32 Å². The molecule has 1 aromatic heterocycles. The summed E-state index contributed by atoms with van der Waals surface area (Å²) in [4.78, 5) is 24.6. The van der Waals surface area contributed by atoms with Crippen molar-refractivity contribution in [2.75, 3.05) is 6.61 Å². The van der Waals surface area contributed by atoms with Crippen molar-refractivity contribution in [3.05, 3.63) is 76.6 Å². The quantitative estimate of drug-likeness (QED) is 0.526. The van der Waals surface area contributed by atoms with Gasteiger partial charge >= 0.3 is 5.97 Å². The van der Waals surface area contributed by atoms with Crippen LogP contribution in [0.25, 0.3) is 11.1 Å². The Morgan fingerprint density at radius 2 is 1.90 bits per heavy atom. The van der Waals surface area contributed by atoms with Gasteiger partial charge in [0.2, 0.25) is 0 Å². The zero-order valence-electron chi connectivity index (χ0n) is 16.9. The number of hydrogen-bond acceptors (Lipinski definition) is 4. The van der Waals surface area contributed by atoms with E-state index in [0.717, 1.165) is 22.4 Å². The molecule has 0 fully saturated rings. The van der Waals surface area contributed by atoms with Crippen LogP contribution in [0.15, 0.2) is 54.6 Å². The van der Waals surface area contributed by atoms with Crippen molar-refractivity contribution in [2.45, 2.75) is 32.7 Å². The molecule has 3 rings (SSSR count). The standard InChI is InChI=1S/C23H24ClN3O3/c1-3-30-22(28)14-20(25-23(29)21-11-15(2)26-27-21)12-16-7-9-17(10-8-16)18-5-4-6-19(24)13-18/h4-11,13,20H,3,12,14H2,1-2H3,(H,25,29)(H,26,27). The second-order valence-corrected chi connectivity index (χ2v) is 7.45. The van der Waals surface area contributed by atoms with Gasteiger partial charge in [-0.2, -0.15) is 5.10 Å². The van der Waals surface area contributed by atoms with Gasteiger partial charge in [-0.3, -0.25) is 14.7 Å². The number of aromatic nitrogens is 2. The first-order valence-electron chi connectivity index (χ1n) is 9.78. The summed E-state index contributed by atoms with van der Waals surface area (Å²) in [6, 6.07) is 16.9. The Morgan fingerprint density at radius 3 is 2.53 bits per heavy atom. The number of H-pyrrole nitrogens is 1. The minimum atomic E-state index is -0.405. The third kappa shape index (κ3) is 5.94. The van der Waals surface area contributed by atoms with E-state index in [9.17, 15) is 9.59 Å². The molecule has 0 aliphatic carbocycles. The number of nitrogens with zero attached hydrogens (tertiary/aromatic N) is 1. The van der Waals surface area contributed by atoms with Crippen LogP contribution in [0.5, 0.6) is 0 Å². The smallest absolute Gasteiger partial charge is 0.307 e. The van der Waals surface area contributed by atoms with E-state index in [2.05, 4.69) is 15.5 Å². The highest BCUT2D eigenvalue weighted by Crippen LogP contribution is 2.23.